The lowest BCUT2D eigenvalue weighted by atomic mass is 10.1. The summed E-state index contributed by atoms with van der Waals surface area (Å²) in [5.74, 6) is -3.32. The molecule has 0 spiro atoms. The van der Waals surface area contributed by atoms with E-state index in [1.54, 1.807) is 0 Å². The number of hydrogen-bond acceptors (Lipinski definition) is 10. The minimum absolute atomic E-state index is 0.140. The smallest absolute Gasteiger partial charge is 0.191 e. The molecule has 36 heavy (non-hydrogen) atoms. The number of hydrogen-bond donors (Lipinski definition) is 4. The van der Waals surface area contributed by atoms with Crippen LogP contribution in [0.5, 0.6) is 0 Å². The monoisotopic (exact) mass is 531 g/mol. The molecule has 0 unspecified atom stereocenters. The number of halogens is 1. The summed E-state index contributed by atoms with van der Waals surface area (Å²) < 4.78 is 130. The van der Waals surface area contributed by atoms with Gasteiger partial charge in [-0.15, -0.1) is 5.10 Å². The van der Waals surface area contributed by atoms with Gasteiger partial charge in [0.1, 0.15) is 18.0 Å². The van der Waals surface area contributed by atoms with Gasteiger partial charge < -0.3 is 25.4 Å². The molecule has 0 saturated heterocycles. The Morgan fingerprint density at radius 1 is 1.39 bits per heavy atom. The van der Waals surface area contributed by atoms with Crippen LogP contribution in [0.2, 0.25) is 0 Å². The number of benzene rings is 1. The van der Waals surface area contributed by atoms with Crippen LogP contribution in [0.15, 0.2) is 23.3 Å². The molecule has 5 rings (SSSR count). The second-order valence-corrected chi connectivity index (χ2v) is 8.79. The van der Waals surface area contributed by atoms with Gasteiger partial charge in [-0.05, 0) is 36.9 Å². The highest BCUT2D eigenvalue weighted by atomic mass is 32.2. The number of thioether (sulfide) groups is 1. The fraction of sp³-hybridized carbons (Fsp3) is 0.583. The summed E-state index contributed by atoms with van der Waals surface area (Å²) in [7, 11) is 0. The van der Waals surface area contributed by atoms with Crippen molar-refractivity contribution in [2.24, 2.45) is 0 Å². The summed E-state index contributed by atoms with van der Waals surface area (Å²) >= 11 is 1.00. The fourth-order valence-electron chi connectivity index (χ4n) is 3.30. The van der Waals surface area contributed by atoms with Gasteiger partial charge in [-0.2, -0.15) is 0 Å². The highest BCUT2D eigenvalue weighted by Gasteiger charge is 2.45. The van der Waals surface area contributed by atoms with Crippen molar-refractivity contribution in [1.82, 2.24) is 25.0 Å². The molecule has 4 N–H and O–H groups in total. The Labute approximate surface area is 230 Å². The van der Waals surface area contributed by atoms with E-state index >= 15 is 0 Å². The first-order valence-electron chi connectivity index (χ1n) is 17.3. The van der Waals surface area contributed by atoms with Crippen molar-refractivity contribution >= 4 is 28.7 Å². The molecule has 12 heteroatoms. The lowest BCUT2D eigenvalue weighted by molar-refractivity contribution is -0.0629. The van der Waals surface area contributed by atoms with Crippen LogP contribution < -0.4 is 5.32 Å². The maximum atomic E-state index is 14.8. The zero-order valence-corrected chi connectivity index (χ0v) is 19.9. The molecule has 0 bridgehead atoms. The van der Waals surface area contributed by atoms with Crippen molar-refractivity contribution in [3.8, 4) is 0 Å². The second kappa shape index (κ2) is 10.5. The zero-order chi connectivity index (χ0) is 37.1. The van der Waals surface area contributed by atoms with Crippen LogP contribution in [-0.4, -0.2) is 83.5 Å². The minimum atomic E-state index is -4.15. The second-order valence-electron chi connectivity index (χ2n) is 7.73. The molecule has 2 fully saturated rings. The van der Waals surface area contributed by atoms with Crippen molar-refractivity contribution in [2.45, 2.75) is 74.4 Å². The first-order valence-corrected chi connectivity index (χ1v) is 11.8. The van der Waals surface area contributed by atoms with Crippen LogP contribution in [0.25, 0.3) is 11.2 Å². The molecule has 0 aliphatic heterocycles. The average molecular weight is 532 g/mol. The summed E-state index contributed by atoms with van der Waals surface area (Å²) in [6.07, 6.45) is -16.0. The molecule has 2 aliphatic carbocycles. The van der Waals surface area contributed by atoms with E-state index < -0.39 is 109 Å². The minimum Gasteiger partial charge on any atom is -0.394 e. The largest absolute Gasteiger partial charge is 0.394 e. The SMILES string of the molecule is [2H]c1c([2H])c([C@]2([2H])C[C@@]2([2H])Nc2nc(SCCC)nc3c2nnn3[C@]2([2H])C([2H])([2H])[C@]([2H])(OC([2H])([2H])CO)[C@@]([2H])(O)[C@@]2([2H])O)c([2H])c(F)c1C. The predicted octanol–water partition coefficient (Wildman–Crippen LogP) is 2.18. The third-order valence-corrected chi connectivity index (χ3v) is 6.22. The van der Waals surface area contributed by atoms with Crippen molar-refractivity contribution in [1.29, 1.82) is 0 Å². The molecule has 0 radical (unpaired) electrons. The molecule has 2 aliphatic rings. The van der Waals surface area contributed by atoms with Crippen LogP contribution in [0.3, 0.4) is 0 Å². The van der Waals surface area contributed by atoms with E-state index in [-0.39, 0.29) is 15.4 Å². The Morgan fingerprint density at radius 3 is 3.00 bits per heavy atom. The first kappa shape index (κ1) is 14.0. The number of aliphatic hydroxyl groups excluding tert-OH is 1. The lowest BCUT2D eigenvalue weighted by Gasteiger charge is -2.17. The quantitative estimate of drug-likeness (QED) is 0.227. The van der Waals surface area contributed by atoms with E-state index in [2.05, 4.69) is 25.6 Å². The molecule has 10 nitrogen and oxygen atoms in total. The van der Waals surface area contributed by atoms with E-state index in [0.29, 0.717) is 12.2 Å². The van der Waals surface area contributed by atoms with Gasteiger partial charge in [0.25, 0.3) is 0 Å². The number of ether oxygens (including phenoxy) is 1. The number of fused-ring (bicyclic) bond motifs is 1. The standard InChI is InChI=1S/C24H31FN6O4S/c1-3-8-36-24-27-22(26-16-10-14(16)13-5-4-12(2)15(25)9-13)19-23(28-24)31(30-29-19)17-11-18(35-7-6-32)21(34)20(17)33/h4-5,9,14,16-18,20-21,32-34H,3,6-8,10-11H2,1-2H3,(H,26,27,28)/t14-,16+,17+,18-,20-,21+/m0/s1/i4D,5D,7D2,9D,11D2,14D,16D,17D,18D,20D,21D. The van der Waals surface area contributed by atoms with Gasteiger partial charge in [0.05, 0.1) is 39.0 Å². The molecule has 1 aromatic carbocycles. The van der Waals surface area contributed by atoms with Crippen LogP contribution in [0.4, 0.5) is 10.2 Å². The van der Waals surface area contributed by atoms with Gasteiger partial charge in [0.2, 0.25) is 0 Å². The van der Waals surface area contributed by atoms with Gasteiger partial charge in [0, 0.05) is 28.1 Å². The molecule has 2 heterocycles. The van der Waals surface area contributed by atoms with Gasteiger partial charge in [-0.3, -0.25) is 0 Å². The highest BCUT2D eigenvalue weighted by molar-refractivity contribution is 7.99. The molecule has 2 aromatic heterocycles. The first-order chi connectivity index (χ1) is 22.3. The van der Waals surface area contributed by atoms with Gasteiger partial charge in [0.15, 0.2) is 22.1 Å². The molecule has 3 aromatic rings. The normalized spacial score (nSPS) is 46.9. The maximum absolute atomic E-state index is 14.8. The van der Waals surface area contributed by atoms with Crippen molar-refractivity contribution in [2.75, 3.05) is 24.2 Å². The highest BCUT2D eigenvalue weighted by Crippen LogP contribution is 2.44. The van der Waals surface area contributed by atoms with Crippen LogP contribution in [0.1, 0.15) is 67.0 Å². The number of nitrogens with one attached hydrogen (secondary N) is 1. The lowest BCUT2D eigenvalue weighted by Crippen LogP contribution is -2.33. The number of nitrogens with zero attached hydrogens (tertiary/aromatic N) is 5. The molecule has 194 valence electrons. The van der Waals surface area contributed by atoms with Gasteiger partial charge >= 0.3 is 0 Å². The maximum Gasteiger partial charge on any atom is 0.191 e. The molecule has 6 atom stereocenters. The summed E-state index contributed by atoms with van der Waals surface area (Å²) in [5.41, 5.74) is -1.94. The topological polar surface area (TPSA) is 138 Å². The van der Waals surface area contributed by atoms with Crippen LogP contribution >= 0.6 is 11.8 Å². The van der Waals surface area contributed by atoms with Crippen LogP contribution in [-0.2, 0) is 4.74 Å². The Morgan fingerprint density at radius 2 is 2.22 bits per heavy atom. The third kappa shape index (κ3) is 4.92. The molecule has 2 saturated carbocycles. The number of aliphatic hydroxyl groups is 3. The van der Waals surface area contributed by atoms with Crippen molar-refractivity contribution < 1.29 is 42.3 Å². The number of rotatable bonds is 10. The fourth-order valence-corrected chi connectivity index (χ4v) is 3.99. The van der Waals surface area contributed by atoms with Gasteiger partial charge in [-0.1, -0.05) is 36.0 Å². The van der Waals surface area contributed by atoms with E-state index in [1.807, 2.05) is 6.92 Å². The third-order valence-electron chi connectivity index (χ3n) is 5.16. The van der Waals surface area contributed by atoms with Crippen molar-refractivity contribution in [3.05, 3.63) is 35.1 Å². The molecular weight excluding hydrogens is 487 g/mol. The Kier molecular flexibility index (Phi) is 4.09. The Balaban J connectivity index is 1.69. The number of aromatic nitrogens is 5. The average Bonchev–Trinajstić information content (AvgIpc) is 3.29. The summed E-state index contributed by atoms with van der Waals surface area (Å²) in [5, 5.41) is 41.6. The van der Waals surface area contributed by atoms with Crippen LogP contribution in [0, 0.1) is 12.7 Å². The zero-order valence-electron chi connectivity index (χ0n) is 32.1. The summed E-state index contributed by atoms with van der Waals surface area (Å²) in [6.45, 7) is -1.81. The summed E-state index contributed by atoms with van der Waals surface area (Å²) in [4.78, 5) is 8.51. The van der Waals surface area contributed by atoms with Gasteiger partial charge in [-0.25, -0.2) is 19.0 Å². The predicted molar refractivity (Wildman–Crippen MR) is 133 cm³/mol. The summed E-state index contributed by atoms with van der Waals surface area (Å²) in [6, 6.07) is -7.97. The van der Waals surface area contributed by atoms with E-state index in [9.17, 15) is 19.7 Å². The van der Waals surface area contributed by atoms with E-state index in [0.717, 1.165) is 11.8 Å². The Bertz CT molecular complexity index is 1830. The van der Waals surface area contributed by atoms with E-state index in [4.69, 9.17) is 22.6 Å². The van der Waals surface area contributed by atoms with Crippen molar-refractivity contribution in [3.63, 3.8) is 0 Å². The Hall–Kier alpha value is -2.38. The molecule has 0 amide bonds. The van der Waals surface area contributed by atoms with E-state index in [1.165, 1.54) is 6.92 Å². The number of anilines is 1. The molecular formula is C24H31FN6O4S.